The molecule has 1 fully saturated rings. The van der Waals surface area contributed by atoms with Crippen LogP contribution in [-0.2, 0) is 16.4 Å². The Labute approximate surface area is 216 Å². The lowest BCUT2D eigenvalue weighted by Crippen LogP contribution is -2.47. The van der Waals surface area contributed by atoms with Crippen LogP contribution in [0.25, 0.3) is 11.0 Å². The first-order chi connectivity index (χ1) is 17.6. The Balaban J connectivity index is 1.46. The smallest absolute Gasteiger partial charge is 0.259 e. The fraction of sp³-hybridized carbons (Fsp3) is 0.286. The average Bonchev–Trinajstić information content (AvgIpc) is 2.88. The van der Waals surface area contributed by atoms with Gasteiger partial charge in [-0.25, -0.2) is 12.8 Å². The Morgan fingerprint density at radius 3 is 2.49 bits per heavy atom. The molecule has 1 aliphatic rings. The van der Waals surface area contributed by atoms with Crippen molar-refractivity contribution in [3.63, 3.8) is 0 Å². The van der Waals surface area contributed by atoms with Crippen molar-refractivity contribution >= 4 is 32.6 Å². The number of carbonyl (C=O) groups excluding carboxylic acids is 1. The van der Waals surface area contributed by atoms with Gasteiger partial charge in [0.2, 0.25) is 0 Å². The number of likely N-dealkylation sites (tertiary alicyclic amines) is 1. The van der Waals surface area contributed by atoms with Crippen LogP contribution in [0.15, 0.2) is 66.9 Å². The van der Waals surface area contributed by atoms with Crippen molar-refractivity contribution in [1.82, 2.24) is 9.88 Å². The standard InChI is InChI=1S/C28H30FN3O4S/c1-3-22-10-7-15-30-26(22)20(2)37(35,36)31-23-11-12-24(25(29)18-23)27(33)32-16-13-28(34,14-17-32)19-21-8-5-4-6-9-21/h3-12,15,18,31,34H,13-14,16-17,19H2,1-2H3/b22-3-,26-20-. The van der Waals surface area contributed by atoms with Gasteiger partial charge in [0.15, 0.2) is 0 Å². The predicted octanol–water partition coefficient (Wildman–Crippen LogP) is 2.80. The average molecular weight is 524 g/mol. The number of nitrogens with one attached hydrogen (secondary N) is 1. The SMILES string of the molecule is C/C=c1/cccn/c1=C(/C)S(=O)(=O)Nc1ccc(C(=O)N2CCC(O)(Cc3ccccc3)CC2)c(F)c1. The number of nitrogens with zero attached hydrogens (tertiary/aromatic N) is 2. The first-order valence-electron chi connectivity index (χ1n) is 12.1. The number of aromatic nitrogens is 1. The van der Waals surface area contributed by atoms with Crippen molar-refractivity contribution in [1.29, 1.82) is 0 Å². The van der Waals surface area contributed by atoms with Crippen molar-refractivity contribution in [3.8, 4) is 0 Å². The van der Waals surface area contributed by atoms with E-state index in [1.807, 2.05) is 30.3 Å². The van der Waals surface area contributed by atoms with Gasteiger partial charge >= 0.3 is 0 Å². The predicted molar refractivity (Wildman–Crippen MR) is 142 cm³/mol. The molecule has 1 amide bonds. The van der Waals surface area contributed by atoms with Gasteiger partial charge in [0.25, 0.3) is 15.9 Å². The van der Waals surface area contributed by atoms with E-state index in [-0.39, 0.29) is 16.2 Å². The highest BCUT2D eigenvalue weighted by Crippen LogP contribution is 2.28. The van der Waals surface area contributed by atoms with Crippen molar-refractivity contribution in [2.24, 2.45) is 0 Å². The molecule has 0 aliphatic carbocycles. The summed E-state index contributed by atoms with van der Waals surface area (Å²) in [6.07, 6.45) is 4.51. The zero-order valence-corrected chi connectivity index (χ0v) is 21.6. The highest BCUT2D eigenvalue weighted by atomic mass is 32.2. The molecule has 0 saturated carbocycles. The molecular formula is C28H30FN3O4S. The van der Waals surface area contributed by atoms with Crippen LogP contribution >= 0.6 is 0 Å². The molecule has 1 aliphatic heterocycles. The summed E-state index contributed by atoms with van der Waals surface area (Å²) >= 11 is 0. The van der Waals surface area contributed by atoms with Crippen molar-refractivity contribution in [2.45, 2.75) is 38.7 Å². The second-order valence-corrected chi connectivity index (χ2v) is 11.1. The van der Waals surface area contributed by atoms with Gasteiger partial charge < -0.3 is 10.0 Å². The summed E-state index contributed by atoms with van der Waals surface area (Å²) in [7, 11) is -4.01. The molecule has 0 bridgehead atoms. The van der Waals surface area contributed by atoms with Crippen LogP contribution < -0.4 is 15.3 Å². The van der Waals surface area contributed by atoms with Crippen LogP contribution in [0.3, 0.4) is 0 Å². The van der Waals surface area contributed by atoms with Crippen molar-refractivity contribution in [2.75, 3.05) is 17.8 Å². The summed E-state index contributed by atoms with van der Waals surface area (Å²) in [4.78, 5) is 18.7. The Morgan fingerprint density at radius 1 is 1.14 bits per heavy atom. The van der Waals surface area contributed by atoms with Crippen LogP contribution in [0, 0.1) is 5.82 Å². The van der Waals surface area contributed by atoms with E-state index in [9.17, 15) is 22.7 Å². The molecule has 194 valence electrons. The van der Waals surface area contributed by atoms with Crippen molar-refractivity contribution in [3.05, 3.63) is 94.4 Å². The highest BCUT2D eigenvalue weighted by molar-refractivity contribution is 8.01. The van der Waals surface area contributed by atoms with E-state index in [2.05, 4.69) is 9.71 Å². The maximum atomic E-state index is 15.0. The number of carbonyl (C=O) groups is 1. The van der Waals surface area contributed by atoms with Gasteiger partial charge in [-0.2, -0.15) is 0 Å². The topological polar surface area (TPSA) is 99.6 Å². The molecule has 1 saturated heterocycles. The molecule has 37 heavy (non-hydrogen) atoms. The number of rotatable bonds is 6. The number of anilines is 1. The Morgan fingerprint density at radius 2 is 1.84 bits per heavy atom. The first kappa shape index (κ1) is 26.5. The number of amides is 1. The Kier molecular flexibility index (Phi) is 7.75. The summed E-state index contributed by atoms with van der Waals surface area (Å²) in [5.41, 5.74) is -0.0451. The third-order valence-electron chi connectivity index (χ3n) is 6.70. The minimum absolute atomic E-state index is 0.00179. The highest BCUT2D eigenvalue weighted by Gasteiger charge is 2.34. The monoisotopic (exact) mass is 523 g/mol. The van der Waals surface area contributed by atoms with E-state index >= 15 is 0 Å². The zero-order chi connectivity index (χ0) is 26.6. The fourth-order valence-electron chi connectivity index (χ4n) is 4.50. The summed E-state index contributed by atoms with van der Waals surface area (Å²) in [6, 6.07) is 16.8. The number of hydrogen-bond acceptors (Lipinski definition) is 5. The minimum Gasteiger partial charge on any atom is -0.389 e. The summed E-state index contributed by atoms with van der Waals surface area (Å²) in [5.74, 6) is -1.32. The van der Waals surface area contributed by atoms with Crippen LogP contribution in [0.2, 0.25) is 0 Å². The number of pyridine rings is 1. The van der Waals surface area contributed by atoms with E-state index in [4.69, 9.17) is 0 Å². The number of hydrogen-bond donors (Lipinski definition) is 2. The van der Waals surface area contributed by atoms with Gasteiger partial charge in [-0.15, -0.1) is 0 Å². The molecular weight excluding hydrogens is 493 g/mol. The lowest BCUT2D eigenvalue weighted by molar-refractivity contribution is -0.0163. The third kappa shape index (κ3) is 6.06. The molecule has 3 aromatic rings. The molecule has 0 spiro atoms. The minimum atomic E-state index is -4.01. The molecule has 2 aromatic carbocycles. The molecule has 1 aromatic heterocycles. The number of piperidine rings is 1. The van der Waals surface area contributed by atoms with Gasteiger partial charge in [0, 0.05) is 25.7 Å². The fourth-order valence-corrected chi connectivity index (χ4v) is 5.52. The zero-order valence-electron chi connectivity index (χ0n) is 20.8. The summed E-state index contributed by atoms with van der Waals surface area (Å²) < 4.78 is 43.2. The molecule has 2 N–H and O–H groups in total. The Bertz CT molecular complexity index is 1520. The summed E-state index contributed by atoms with van der Waals surface area (Å²) in [6.45, 7) is 3.81. The maximum Gasteiger partial charge on any atom is 0.259 e. The lowest BCUT2D eigenvalue weighted by Gasteiger charge is -2.38. The van der Waals surface area contributed by atoms with Crippen LogP contribution in [-0.4, -0.2) is 48.0 Å². The van der Waals surface area contributed by atoms with Gasteiger partial charge in [-0.1, -0.05) is 42.5 Å². The van der Waals surface area contributed by atoms with Crippen LogP contribution in [0.5, 0.6) is 0 Å². The van der Waals surface area contributed by atoms with Gasteiger partial charge in [-0.05, 0) is 61.7 Å². The molecule has 2 heterocycles. The molecule has 0 unspecified atom stereocenters. The van der Waals surface area contributed by atoms with E-state index in [1.165, 1.54) is 30.2 Å². The van der Waals surface area contributed by atoms with Crippen LogP contribution in [0.4, 0.5) is 10.1 Å². The maximum absolute atomic E-state index is 15.0. The third-order valence-corrected chi connectivity index (χ3v) is 8.20. The molecule has 4 rings (SSSR count). The lowest BCUT2D eigenvalue weighted by atomic mass is 9.85. The molecule has 7 nitrogen and oxygen atoms in total. The normalized spacial score (nSPS) is 16.9. The molecule has 0 atom stereocenters. The first-order valence-corrected chi connectivity index (χ1v) is 13.6. The van der Waals surface area contributed by atoms with E-state index in [0.29, 0.717) is 42.9 Å². The largest absolute Gasteiger partial charge is 0.389 e. The van der Waals surface area contributed by atoms with Gasteiger partial charge in [0.1, 0.15) is 5.82 Å². The van der Waals surface area contributed by atoms with Crippen LogP contribution in [0.1, 0.15) is 42.6 Å². The Hall–Kier alpha value is -3.56. The van der Waals surface area contributed by atoms with Crippen molar-refractivity contribution < 1.29 is 22.7 Å². The van der Waals surface area contributed by atoms with E-state index < -0.39 is 27.3 Å². The molecule has 9 heteroatoms. The second-order valence-electron chi connectivity index (χ2n) is 9.27. The number of benzene rings is 2. The van der Waals surface area contributed by atoms with Gasteiger partial charge in [0.05, 0.1) is 27.1 Å². The van der Waals surface area contributed by atoms with Gasteiger partial charge in [-0.3, -0.25) is 14.5 Å². The summed E-state index contributed by atoms with van der Waals surface area (Å²) in [5, 5.41) is 11.9. The number of aliphatic hydroxyl groups is 1. The quantitative estimate of drug-likeness (QED) is 0.518. The number of sulfonamides is 1. The number of halogens is 1. The second kappa shape index (κ2) is 10.8. The van der Waals surface area contributed by atoms with E-state index in [1.54, 1.807) is 25.1 Å². The van der Waals surface area contributed by atoms with E-state index in [0.717, 1.165) is 11.6 Å². The molecule has 0 radical (unpaired) electrons.